The van der Waals surface area contributed by atoms with Crippen molar-refractivity contribution in [2.75, 3.05) is 38.9 Å². The Balaban J connectivity index is 2.08. The topological polar surface area (TPSA) is 84.9 Å². The zero-order valence-corrected chi connectivity index (χ0v) is 16.5. The summed E-state index contributed by atoms with van der Waals surface area (Å²) in [6.07, 6.45) is 1.61. The number of carbonyl (C=O) groups is 1. The number of methoxy groups -OCH3 is 2. The van der Waals surface area contributed by atoms with E-state index in [4.69, 9.17) is 9.47 Å². The Morgan fingerprint density at radius 3 is 2.37 bits per heavy atom. The first-order valence-corrected chi connectivity index (χ1v) is 10.2. The maximum Gasteiger partial charge on any atom is 0.239 e. The lowest BCUT2D eigenvalue weighted by Gasteiger charge is -2.20. The van der Waals surface area contributed by atoms with E-state index in [0.29, 0.717) is 23.6 Å². The summed E-state index contributed by atoms with van der Waals surface area (Å²) in [6.45, 7) is -0.0719. The third kappa shape index (κ3) is 6.26. The van der Waals surface area contributed by atoms with E-state index >= 15 is 0 Å². The summed E-state index contributed by atoms with van der Waals surface area (Å²) < 4.78 is 35.7. The van der Waals surface area contributed by atoms with Gasteiger partial charge < -0.3 is 14.8 Å². The largest absolute Gasteiger partial charge is 0.497 e. The van der Waals surface area contributed by atoms with E-state index in [1.807, 2.05) is 30.3 Å². The molecular weight excluding hydrogens is 368 g/mol. The number of rotatable bonds is 9. The fraction of sp³-hybridized carbons (Fsp3) is 0.316. The Bertz CT molecular complexity index is 869. The van der Waals surface area contributed by atoms with Gasteiger partial charge >= 0.3 is 0 Å². The summed E-state index contributed by atoms with van der Waals surface area (Å²) in [5.41, 5.74) is 1.42. The maximum absolute atomic E-state index is 12.4. The van der Waals surface area contributed by atoms with Crippen LogP contribution >= 0.6 is 0 Å². The van der Waals surface area contributed by atoms with Gasteiger partial charge in [-0.05, 0) is 24.1 Å². The summed E-state index contributed by atoms with van der Waals surface area (Å²) in [5.74, 6) is 0.550. The Morgan fingerprint density at radius 2 is 1.78 bits per heavy atom. The zero-order chi connectivity index (χ0) is 19.9. The van der Waals surface area contributed by atoms with Gasteiger partial charge in [-0.25, -0.2) is 8.42 Å². The molecule has 0 unspecified atom stereocenters. The van der Waals surface area contributed by atoms with Crippen LogP contribution in [0.3, 0.4) is 0 Å². The number of carbonyl (C=O) groups excluding carboxylic acids is 1. The summed E-state index contributed by atoms with van der Waals surface area (Å²) in [4.78, 5) is 12.4. The van der Waals surface area contributed by atoms with Crippen molar-refractivity contribution in [3.05, 3.63) is 54.1 Å². The second-order valence-electron chi connectivity index (χ2n) is 5.95. The lowest BCUT2D eigenvalue weighted by Crippen LogP contribution is -2.38. The standard InChI is InChI=1S/C19H24N2O5S/c1-25-16-9-10-18(26-2)17(13-16)20-19(22)14-21(27(3,23)24)12-11-15-7-5-4-6-8-15/h4-10,13H,11-12,14H2,1-3H3,(H,20,22). The molecule has 0 radical (unpaired) electrons. The summed E-state index contributed by atoms with van der Waals surface area (Å²) in [7, 11) is -0.532. The molecule has 2 aromatic rings. The predicted octanol–water partition coefficient (Wildman–Crippen LogP) is 2.15. The lowest BCUT2D eigenvalue weighted by molar-refractivity contribution is -0.116. The second kappa shape index (κ2) is 9.38. The minimum absolute atomic E-state index is 0.214. The summed E-state index contributed by atoms with van der Waals surface area (Å²) in [5, 5.41) is 2.69. The maximum atomic E-state index is 12.4. The fourth-order valence-corrected chi connectivity index (χ4v) is 3.30. The lowest BCUT2D eigenvalue weighted by atomic mass is 10.1. The van der Waals surface area contributed by atoms with Crippen molar-refractivity contribution in [3.63, 3.8) is 0 Å². The van der Waals surface area contributed by atoms with E-state index in [9.17, 15) is 13.2 Å². The highest BCUT2D eigenvalue weighted by Crippen LogP contribution is 2.28. The molecule has 0 fully saturated rings. The molecule has 0 spiro atoms. The average Bonchev–Trinajstić information content (AvgIpc) is 2.65. The highest BCUT2D eigenvalue weighted by atomic mass is 32.2. The van der Waals surface area contributed by atoms with Gasteiger partial charge in [-0.15, -0.1) is 0 Å². The number of amides is 1. The van der Waals surface area contributed by atoms with Gasteiger partial charge in [-0.2, -0.15) is 4.31 Å². The Hall–Kier alpha value is -2.58. The molecule has 146 valence electrons. The fourth-order valence-electron chi connectivity index (χ4n) is 2.52. The number of nitrogens with zero attached hydrogens (tertiary/aromatic N) is 1. The van der Waals surface area contributed by atoms with Crippen LogP contribution in [0.1, 0.15) is 5.56 Å². The number of ether oxygens (including phenoxy) is 2. The normalized spacial score (nSPS) is 11.3. The van der Waals surface area contributed by atoms with Crippen LogP contribution in [-0.2, 0) is 21.2 Å². The van der Waals surface area contributed by atoms with Crippen LogP contribution in [0.15, 0.2) is 48.5 Å². The molecule has 0 aliphatic heterocycles. The molecule has 1 N–H and O–H groups in total. The molecule has 0 saturated heterocycles. The van der Waals surface area contributed by atoms with Gasteiger partial charge in [-0.3, -0.25) is 4.79 Å². The number of sulfonamides is 1. The molecule has 0 heterocycles. The van der Waals surface area contributed by atoms with Crippen molar-refractivity contribution < 1.29 is 22.7 Å². The molecule has 2 aromatic carbocycles. The van der Waals surface area contributed by atoms with Crippen molar-refractivity contribution in [2.45, 2.75) is 6.42 Å². The first kappa shape index (κ1) is 20.7. The van der Waals surface area contributed by atoms with Crippen molar-refractivity contribution in [1.82, 2.24) is 4.31 Å². The predicted molar refractivity (Wildman–Crippen MR) is 105 cm³/mol. The number of hydrogen-bond acceptors (Lipinski definition) is 5. The van der Waals surface area contributed by atoms with Crippen LogP contribution in [0.4, 0.5) is 5.69 Å². The molecule has 0 aliphatic carbocycles. The molecule has 27 heavy (non-hydrogen) atoms. The minimum atomic E-state index is -3.53. The molecule has 7 nitrogen and oxygen atoms in total. The summed E-state index contributed by atoms with van der Waals surface area (Å²) in [6, 6.07) is 14.5. The first-order chi connectivity index (χ1) is 12.8. The Morgan fingerprint density at radius 1 is 1.07 bits per heavy atom. The molecule has 0 aliphatic rings. The van der Waals surface area contributed by atoms with Crippen molar-refractivity contribution >= 4 is 21.6 Å². The van der Waals surface area contributed by atoms with E-state index < -0.39 is 15.9 Å². The minimum Gasteiger partial charge on any atom is -0.497 e. The third-order valence-corrected chi connectivity index (χ3v) is 5.21. The monoisotopic (exact) mass is 392 g/mol. The van der Waals surface area contributed by atoms with Gasteiger partial charge in [-0.1, -0.05) is 30.3 Å². The zero-order valence-electron chi connectivity index (χ0n) is 15.6. The van der Waals surface area contributed by atoms with Gasteiger partial charge in [0.1, 0.15) is 11.5 Å². The van der Waals surface area contributed by atoms with Crippen LogP contribution in [0.25, 0.3) is 0 Å². The number of benzene rings is 2. The van der Waals surface area contributed by atoms with Crippen LogP contribution in [0.5, 0.6) is 11.5 Å². The molecule has 2 rings (SSSR count). The van der Waals surface area contributed by atoms with Gasteiger partial charge in [0, 0.05) is 12.6 Å². The Labute approximate surface area is 160 Å². The number of anilines is 1. The van der Waals surface area contributed by atoms with Gasteiger partial charge in [0.05, 0.1) is 32.7 Å². The van der Waals surface area contributed by atoms with E-state index in [-0.39, 0.29) is 13.1 Å². The molecule has 0 aromatic heterocycles. The van der Waals surface area contributed by atoms with Crippen LogP contribution < -0.4 is 14.8 Å². The SMILES string of the molecule is COc1ccc(OC)c(NC(=O)CN(CCc2ccccc2)S(C)(=O)=O)c1. The quantitative estimate of drug-likeness (QED) is 0.707. The third-order valence-electron chi connectivity index (χ3n) is 3.96. The Kier molecular flexibility index (Phi) is 7.20. The molecule has 0 bridgehead atoms. The van der Waals surface area contributed by atoms with Crippen LogP contribution in [0.2, 0.25) is 0 Å². The smallest absolute Gasteiger partial charge is 0.239 e. The highest BCUT2D eigenvalue weighted by Gasteiger charge is 2.21. The first-order valence-electron chi connectivity index (χ1n) is 8.34. The van der Waals surface area contributed by atoms with E-state index in [1.54, 1.807) is 18.2 Å². The highest BCUT2D eigenvalue weighted by molar-refractivity contribution is 7.88. The molecule has 8 heteroatoms. The van der Waals surface area contributed by atoms with Crippen molar-refractivity contribution in [3.8, 4) is 11.5 Å². The van der Waals surface area contributed by atoms with Crippen molar-refractivity contribution in [2.24, 2.45) is 0 Å². The number of hydrogen-bond donors (Lipinski definition) is 1. The van der Waals surface area contributed by atoms with E-state index in [1.165, 1.54) is 14.2 Å². The molecule has 1 amide bonds. The van der Waals surface area contributed by atoms with Gasteiger partial charge in [0.2, 0.25) is 15.9 Å². The van der Waals surface area contributed by atoms with Gasteiger partial charge in [0.25, 0.3) is 0 Å². The van der Waals surface area contributed by atoms with Crippen molar-refractivity contribution in [1.29, 1.82) is 0 Å². The van der Waals surface area contributed by atoms with E-state index in [2.05, 4.69) is 5.32 Å². The molecular formula is C19H24N2O5S. The second-order valence-corrected chi connectivity index (χ2v) is 7.93. The molecule has 0 atom stereocenters. The average molecular weight is 392 g/mol. The van der Waals surface area contributed by atoms with Gasteiger partial charge in [0.15, 0.2) is 0 Å². The number of nitrogens with one attached hydrogen (secondary N) is 1. The van der Waals surface area contributed by atoms with Crippen LogP contribution in [-0.4, -0.2) is 52.2 Å². The summed E-state index contributed by atoms with van der Waals surface area (Å²) >= 11 is 0. The van der Waals surface area contributed by atoms with E-state index in [0.717, 1.165) is 16.1 Å². The molecule has 0 saturated carbocycles. The van der Waals surface area contributed by atoms with Crippen LogP contribution in [0, 0.1) is 0 Å².